The highest BCUT2D eigenvalue weighted by Crippen LogP contribution is 2.44. The number of benzene rings is 1. The van der Waals surface area contributed by atoms with Crippen molar-refractivity contribution in [3.8, 4) is 11.5 Å². The van der Waals surface area contributed by atoms with Gasteiger partial charge in [-0.1, -0.05) is 0 Å². The third-order valence-electron chi connectivity index (χ3n) is 2.75. The van der Waals surface area contributed by atoms with Crippen LogP contribution in [-0.4, -0.2) is 23.1 Å². The van der Waals surface area contributed by atoms with Crippen molar-refractivity contribution in [3.05, 3.63) is 32.4 Å². The third-order valence-corrected chi connectivity index (χ3v) is 2.75. The van der Waals surface area contributed by atoms with Crippen LogP contribution < -0.4 is 9.47 Å². The summed E-state index contributed by atoms with van der Waals surface area (Å²) in [7, 11) is 0. The Kier molecular flexibility index (Phi) is 3.79. The van der Waals surface area contributed by atoms with Crippen LogP contribution in [0.15, 0.2) is 12.1 Å². The molecule has 0 atom stereocenters. The summed E-state index contributed by atoms with van der Waals surface area (Å²) in [4.78, 5) is 20.3. The number of nitrogens with zero attached hydrogens (tertiary/aromatic N) is 2. The van der Waals surface area contributed by atoms with Gasteiger partial charge in [-0.3, -0.25) is 20.2 Å². The number of hydrogen-bond acceptors (Lipinski definition) is 6. The van der Waals surface area contributed by atoms with Gasteiger partial charge in [-0.25, -0.2) is 0 Å². The second kappa shape index (κ2) is 5.51. The molecule has 0 amide bonds. The normalized spacial score (nSPS) is 14.9. The summed E-state index contributed by atoms with van der Waals surface area (Å²) in [6, 6.07) is 2.41. The molecule has 0 aliphatic carbocycles. The molecule has 8 heteroatoms. The molecule has 0 fully saturated rings. The zero-order valence-corrected chi connectivity index (χ0v) is 10.0. The van der Waals surface area contributed by atoms with Gasteiger partial charge in [-0.15, -0.1) is 0 Å². The van der Waals surface area contributed by atoms with Crippen LogP contribution in [0.1, 0.15) is 19.3 Å². The van der Waals surface area contributed by atoms with Crippen LogP contribution in [-0.2, 0) is 0 Å². The van der Waals surface area contributed by atoms with Crippen molar-refractivity contribution in [3.63, 3.8) is 0 Å². The molecule has 1 aliphatic heterocycles. The molecule has 2 rings (SSSR count). The first-order chi connectivity index (χ1) is 9.11. The highest BCUT2D eigenvalue weighted by molar-refractivity contribution is 5.67. The lowest BCUT2D eigenvalue weighted by molar-refractivity contribution is -0.423. The Morgan fingerprint density at radius 3 is 2.26 bits per heavy atom. The van der Waals surface area contributed by atoms with E-state index in [1.165, 1.54) is 6.07 Å². The molecule has 0 radical (unpaired) electrons. The maximum atomic E-state index is 11.0. The van der Waals surface area contributed by atoms with Crippen LogP contribution in [0, 0.1) is 20.2 Å². The van der Waals surface area contributed by atoms with Crippen LogP contribution in [0.2, 0.25) is 0 Å². The molecule has 1 aliphatic rings. The Balaban J connectivity index is 2.54. The first-order valence-electron chi connectivity index (χ1n) is 5.82. The lowest BCUT2D eigenvalue weighted by Gasteiger charge is -2.10. The van der Waals surface area contributed by atoms with Crippen LogP contribution in [0.5, 0.6) is 11.5 Å². The number of ether oxygens (including phenoxy) is 2. The van der Waals surface area contributed by atoms with E-state index in [2.05, 4.69) is 0 Å². The second-order valence-electron chi connectivity index (χ2n) is 4.03. The van der Waals surface area contributed by atoms with Crippen molar-refractivity contribution in [2.45, 2.75) is 19.3 Å². The number of nitro benzene ring substituents is 2. The van der Waals surface area contributed by atoms with Gasteiger partial charge in [0.2, 0.25) is 5.75 Å². The third kappa shape index (κ3) is 2.72. The van der Waals surface area contributed by atoms with Gasteiger partial charge in [0.25, 0.3) is 0 Å². The molecule has 1 aromatic carbocycles. The predicted octanol–water partition coefficient (Wildman–Crippen LogP) is 2.44. The van der Waals surface area contributed by atoms with E-state index in [9.17, 15) is 20.2 Å². The second-order valence-corrected chi connectivity index (χ2v) is 4.03. The molecule has 8 nitrogen and oxygen atoms in total. The van der Waals surface area contributed by atoms with Crippen molar-refractivity contribution in [1.82, 2.24) is 0 Å². The quantitative estimate of drug-likeness (QED) is 0.602. The minimum absolute atomic E-state index is 0.152. The van der Waals surface area contributed by atoms with E-state index >= 15 is 0 Å². The van der Waals surface area contributed by atoms with Gasteiger partial charge in [0.05, 0.1) is 23.1 Å². The Labute approximate surface area is 108 Å². The molecule has 102 valence electrons. The molecule has 0 aromatic heterocycles. The van der Waals surface area contributed by atoms with E-state index in [0.717, 1.165) is 25.3 Å². The fourth-order valence-corrected chi connectivity index (χ4v) is 1.86. The lowest BCUT2D eigenvalue weighted by atomic mass is 10.2. The highest BCUT2D eigenvalue weighted by Gasteiger charge is 2.33. The van der Waals surface area contributed by atoms with E-state index in [1.807, 2.05) is 0 Å². The average molecular weight is 268 g/mol. The van der Waals surface area contributed by atoms with Crippen LogP contribution in [0.4, 0.5) is 11.4 Å². The summed E-state index contributed by atoms with van der Waals surface area (Å²) in [5, 5.41) is 21.9. The van der Waals surface area contributed by atoms with Gasteiger partial charge in [-0.05, 0) is 25.3 Å². The molecule has 1 aromatic rings. The molecule has 0 N–H and O–H groups in total. The summed E-state index contributed by atoms with van der Waals surface area (Å²) < 4.78 is 10.7. The molecule has 1 heterocycles. The van der Waals surface area contributed by atoms with Gasteiger partial charge in [-0.2, -0.15) is 0 Å². The molecule has 0 unspecified atom stereocenters. The number of fused-ring (bicyclic) bond motifs is 1. The zero-order valence-electron chi connectivity index (χ0n) is 10.0. The van der Waals surface area contributed by atoms with E-state index in [-0.39, 0.29) is 18.1 Å². The zero-order chi connectivity index (χ0) is 13.8. The largest absolute Gasteiger partial charge is 0.489 e. The fraction of sp³-hybridized carbons (Fsp3) is 0.455. The van der Waals surface area contributed by atoms with Gasteiger partial charge in [0.1, 0.15) is 0 Å². The van der Waals surface area contributed by atoms with Crippen molar-refractivity contribution in [1.29, 1.82) is 0 Å². The average Bonchev–Trinajstić information content (AvgIpc) is 2.48. The number of hydrogen-bond donors (Lipinski definition) is 0. The summed E-state index contributed by atoms with van der Waals surface area (Å²) in [6.07, 6.45) is 2.42. The first-order valence-corrected chi connectivity index (χ1v) is 5.82. The number of nitro groups is 2. The minimum Gasteiger partial charge on any atom is -0.489 e. The SMILES string of the molecule is O=[N+]([O-])c1ccc2c(c1[N+](=O)[O-])OCCCCCO2. The van der Waals surface area contributed by atoms with Crippen molar-refractivity contribution < 1.29 is 19.3 Å². The molecular formula is C11H12N2O6. The number of rotatable bonds is 2. The van der Waals surface area contributed by atoms with E-state index in [0.29, 0.717) is 6.61 Å². The van der Waals surface area contributed by atoms with E-state index in [4.69, 9.17) is 9.47 Å². The summed E-state index contributed by atoms with van der Waals surface area (Å²) in [5.41, 5.74) is -1.24. The van der Waals surface area contributed by atoms with Crippen LogP contribution >= 0.6 is 0 Å². The standard InChI is InChI=1S/C11H12N2O6/c14-12(15)8-4-5-9-11(10(8)13(16)17)19-7-3-1-2-6-18-9/h4-5H,1-3,6-7H2. The van der Waals surface area contributed by atoms with E-state index < -0.39 is 21.2 Å². The molecule has 0 saturated heterocycles. The summed E-state index contributed by atoms with van der Waals surface area (Å²) >= 11 is 0. The Morgan fingerprint density at radius 1 is 0.947 bits per heavy atom. The molecular weight excluding hydrogens is 256 g/mol. The van der Waals surface area contributed by atoms with Crippen molar-refractivity contribution in [2.24, 2.45) is 0 Å². The predicted molar refractivity (Wildman–Crippen MR) is 64.6 cm³/mol. The van der Waals surface area contributed by atoms with E-state index in [1.54, 1.807) is 0 Å². The minimum atomic E-state index is -0.807. The fourth-order valence-electron chi connectivity index (χ4n) is 1.86. The molecule has 0 saturated carbocycles. The maximum absolute atomic E-state index is 11.0. The molecule has 0 bridgehead atoms. The lowest BCUT2D eigenvalue weighted by Crippen LogP contribution is -2.04. The van der Waals surface area contributed by atoms with Gasteiger partial charge in [0.15, 0.2) is 5.75 Å². The molecule has 19 heavy (non-hydrogen) atoms. The smallest absolute Gasteiger partial charge is 0.391 e. The Bertz CT molecular complexity index is 516. The molecule has 0 spiro atoms. The Hall–Kier alpha value is -2.38. The van der Waals surface area contributed by atoms with Gasteiger partial charge in [0, 0.05) is 6.07 Å². The van der Waals surface area contributed by atoms with Gasteiger partial charge >= 0.3 is 11.4 Å². The monoisotopic (exact) mass is 268 g/mol. The van der Waals surface area contributed by atoms with Crippen LogP contribution in [0.3, 0.4) is 0 Å². The van der Waals surface area contributed by atoms with Crippen molar-refractivity contribution in [2.75, 3.05) is 13.2 Å². The highest BCUT2D eigenvalue weighted by atomic mass is 16.6. The van der Waals surface area contributed by atoms with Gasteiger partial charge < -0.3 is 9.47 Å². The van der Waals surface area contributed by atoms with Crippen molar-refractivity contribution >= 4 is 11.4 Å². The summed E-state index contributed by atoms with van der Waals surface area (Å²) in [6.45, 7) is 0.684. The topological polar surface area (TPSA) is 105 Å². The maximum Gasteiger partial charge on any atom is 0.391 e. The summed E-state index contributed by atoms with van der Waals surface area (Å²) in [5.74, 6) is 0.0281. The van der Waals surface area contributed by atoms with Crippen LogP contribution in [0.25, 0.3) is 0 Å². The Morgan fingerprint density at radius 2 is 1.63 bits per heavy atom. The first kappa shape index (κ1) is 13.1.